The molecule has 1 rings (SSSR count). The van der Waals surface area contributed by atoms with Crippen molar-refractivity contribution in [2.75, 3.05) is 0 Å². The van der Waals surface area contributed by atoms with Gasteiger partial charge in [0.2, 0.25) is 0 Å². The molecule has 12 heavy (non-hydrogen) atoms. The maximum atomic E-state index is 10.5. The summed E-state index contributed by atoms with van der Waals surface area (Å²) in [5.74, 6) is -0.569. The highest BCUT2D eigenvalue weighted by molar-refractivity contribution is 5.88. The van der Waals surface area contributed by atoms with Crippen LogP contribution in [-0.2, 0) is 0 Å². The second-order valence-corrected chi connectivity index (χ2v) is 2.24. The average molecular weight is 164 g/mol. The largest absolute Gasteiger partial charge is 0.478 e. The van der Waals surface area contributed by atoms with E-state index < -0.39 is 5.97 Å². The van der Waals surface area contributed by atoms with E-state index in [1.54, 1.807) is 6.92 Å². The lowest BCUT2D eigenvalue weighted by Gasteiger charge is -1.98. The Balaban J connectivity index is 3.20. The second kappa shape index (κ2) is 3.13. The Kier molecular flexibility index (Phi) is 2.19. The van der Waals surface area contributed by atoms with Gasteiger partial charge >= 0.3 is 5.97 Å². The van der Waals surface area contributed by atoms with Crippen molar-refractivity contribution in [3.05, 3.63) is 29.9 Å². The number of carbonyl (C=O) groups is 1. The molecule has 0 amide bonds. The Labute approximate surface area is 69.6 Å². The van der Waals surface area contributed by atoms with E-state index >= 15 is 0 Å². The smallest absolute Gasteiger partial charge is 0.339 e. The predicted molar refractivity (Wildman–Crippen MR) is 43.8 cm³/mol. The Morgan fingerprint density at radius 1 is 1.75 bits per heavy atom. The van der Waals surface area contributed by atoms with Gasteiger partial charge in [-0.1, -0.05) is 6.58 Å². The molecule has 1 heterocycles. The Hall–Kier alpha value is -1.71. The van der Waals surface area contributed by atoms with E-state index in [4.69, 9.17) is 5.11 Å². The zero-order chi connectivity index (χ0) is 9.14. The van der Waals surface area contributed by atoms with E-state index in [1.807, 2.05) is 0 Å². The number of aromatic carboxylic acids is 1. The molecule has 0 saturated carbocycles. The summed E-state index contributed by atoms with van der Waals surface area (Å²) >= 11 is 0. The summed E-state index contributed by atoms with van der Waals surface area (Å²) in [4.78, 5) is 18.2. The first kappa shape index (κ1) is 8.39. The third-order valence-corrected chi connectivity index (χ3v) is 1.41. The molecule has 1 aromatic heterocycles. The molecule has 0 aliphatic carbocycles. The standard InChI is InChI=1S/C8H8N2O2/c1-3-7-9-4-6(8(11)12)5(2)10-7/h3-4H,1H2,2H3,(H,11,12). The molecule has 4 nitrogen and oxygen atoms in total. The molecule has 1 N–H and O–H groups in total. The number of aromatic nitrogens is 2. The van der Waals surface area contributed by atoms with Crippen molar-refractivity contribution < 1.29 is 9.90 Å². The van der Waals surface area contributed by atoms with Gasteiger partial charge in [0.15, 0.2) is 5.82 Å². The third-order valence-electron chi connectivity index (χ3n) is 1.41. The third kappa shape index (κ3) is 1.47. The zero-order valence-corrected chi connectivity index (χ0v) is 6.61. The van der Waals surface area contributed by atoms with Gasteiger partial charge in [-0.2, -0.15) is 0 Å². The summed E-state index contributed by atoms with van der Waals surface area (Å²) in [7, 11) is 0. The summed E-state index contributed by atoms with van der Waals surface area (Å²) in [5, 5.41) is 8.62. The highest BCUT2D eigenvalue weighted by Gasteiger charge is 2.07. The molecule has 1 aromatic rings. The van der Waals surface area contributed by atoms with Crippen LogP contribution >= 0.6 is 0 Å². The Bertz CT molecular complexity index is 334. The summed E-state index contributed by atoms with van der Waals surface area (Å²) in [6.45, 7) is 5.10. The number of rotatable bonds is 2. The molecule has 0 unspecified atom stereocenters. The molecule has 0 radical (unpaired) electrons. The zero-order valence-electron chi connectivity index (χ0n) is 6.61. The molecular weight excluding hydrogens is 156 g/mol. The topological polar surface area (TPSA) is 63.1 Å². The number of hydrogen-bond donors (Lipinski definition) is 1. The minimum atomic E-state index is -1.01. The lowest BCUT2D eigenvalue weighted by Crippen LogP contribution is -2.04. The lowest BCUT2D eigenvalue weighted by molar-refractivity contribution is 0.0695. The fourth-order valence-corrected chi connectivity index (χ4v) is 0.793. The van der Waals surface area contributed by atoms with Gasteiger partial charge in [0.05, 0.1) is 11.3 Å². The molecule has 0 saturated heterocycles. The van der Waals surface area contributed by atoms with Crippen LogP contribution in [0.4, 0.5) is 0 Å². The number of nitrogens with zero attached hydrogens (tertiary/aromatic N) is 2. The molecule has 62 valence electrons. The fraction of sp³-hybridized carbons (Fsp3) is 0.125. The van der Waals surface area contributed by atoms with Gasteiger partial charge in [-0.05, 0) is 13.0 Å². The van der Waals surface area contributed by atoms with Crippen molar-refractivity contribution >= 4 is 12.0 Å². The first-order valence-corrected chi connectivity index (χ1v) is 3.34. The highest BCUT2D eigenvalue weighted by atomic mass is 16.4. The normalized spacial score (nSPS) is 9.42. The quantitative estimate of drug-likeness (QED) is 0.711. The number of carboxylic acids is 1. The van der Waals surface area contributed by atoms with Crippen LogP contribution in [0.3, 0.4) is 0 Å². The number of hydrogen-bond acceptors (Lipinski definition) is 3. The van der Waals surface area contributed by atoms with Crippen LogP contribution < -0.4 is 0 Å². The van der Waals surface area contributed by atoms with Crippen molar-refractivity contribution in [2.45, 2.75) is 6.92 Å². The van der Waals surface area contributed by atoms with Crippen LogP contribution in [0.15, 0.2) is 12.8 Å². The van der Waals surface area contributed by atoms with Gasteiger partial charge in [-0.3, -0.25) is 0 Å². The molecule has 0 fully saturated rings. The van der Waals surface area contributed by atoms with Crippen LogP contribution in [-0.4, -0.2) is 21.0 Å². The fourth-order valence-electron chi connectivity index (χ4n) is 0.793. The van der Waals surface area contributed by atoms with Crippen molar-refractivity contribution in [3.8, 4) is 0 Å². The summed E-state index contributed by atoms with van der Waals surface area (Å²) in [6.07, 6.45) is 2.75. The Morgan fingerprint density at radius 3 is 2.83 bits per heavy atom. The van der Waals surface area contributed by atoms with Crippen LogP contribution in [0.2, 0.25) is 0 Å². The van der Waals surface area contributed by atoms with E-state index in [1.165, 1.54) is 12.3 Å². The van der Waals surface area contributed by atoms with Crippen molar-refractivity contribution in [1.29, 1.82) is 0 Å². The van der Waals surface area contributed by atoms with E-state index in [0.29, 0.717) is 11.5 Å². The van der Waals surface area contributed by atoms with Crippen LogP contribution in [0.1, 0.15) is 21.9 Å². The number of carboxylic acid groups (broad SMARTS) is 1. The molecule has 0 aromatic carbocycles. The van der Waals surface area contributed by atoms with E-state index in [9.17, 15) is 4.79 Å². The monoisotopic (exact) mass is 164 g/mol. The van der Waals surface area contributed by atoms with Crippen LogP contribution in [0, 0.1) is 6.92 Å². The van der Waals surface area contributed by atoms with Gasteiger partial charge in [0.25, 0.3) is 0 Å². The minimum absolute atomic E-state index is 0.126. The van der Waals surface area contributed by atoms with Gasteiger partial charge in [-0.25, -0.2) is 14.8 Å². The van der Waals surface area contributed by atoms with Crippen molar-refractivity contribution in [2.24, 2.45) is 0 Å². The average Bonchev–Trinajstić information content (AvgIpc) is 2.03. The van der Waals surface area contributed by atoms with Gasteiger partial charge in [-0.15, -0.1) is 0 Å². The Morgan fingerprint density at radius 2 is 2.42 bits per heavy atom. The molecule has 4 heteroatoms. The predicted octanol–water partition coefficient (Wildman–Crippen LogP) is 1.13. The molecule has 0 aliphatic heterocycles. The van der Waals surface area contributed by atoms with Gasteiger partial charge in [0.1, 0.15) is 0 Å². The SMILES string of the molecule is C=Cc1ncc(C(=O)O)c(C)n1. The first-order chi connectivity index (χ1) is 5.65. The lowest BCUT2D eigenvalue weighted by atomic mass is 10.2. The highest BCUT2D eigenvalue weighted by Crippen LogP contribution is 2.03. The summed E-state index contributed by atoms with van der Waals surface area (Å²) in [5.41, 5.74) is 0.577. The number of aryl methyl sites for hydroxylation is 1. The molecule has 0 spiro atoms. The maximum absolute atomic E-state index is 10.5. The molecular formula is C8H8N2O2. The second-order valence-electron chi connectivity index (χ2n) is 2.24. The first-order valence-electron chi connectivity index (χ1n) is 3.34. The molecule has 0 bridgehead atoms. The molecule has 0 aliphatic rings. The van der Waals surface area contributed by atoms with E-state index in [0.717, 1.165) is 0 Å². The van der Waals surface area contributed by atoms with Gasteiger partial charge in [0, 0.05) is 6.20 Å². The maximum Gasteiger partial charge on any atom is 0.339 e. The summed E-state index contributed by atoms with van der Waals surface area (Å²) in [6, 6.07) is 0. The van der Waals surface area contributed by atoms with Crippen molar-refractivity contribution in [1.82, 2.24) is 9.97 Å². The van der Waals surface area contributed by atoms with E-state index in [2.05, 4.69) is 16.5 Å². The molecule has 0 atom stereocenters. The minimum Gasteiger partial charge on any atom is -0.478 e. The summed E-state index contributed by atoms with van der Waals surface area (Å²) < 4.78 is 0. The van der Waals surface area contributed by atoms with Crippen LogP contribution in [0.25, 0.3) is 6.08 Å². The van der Waals surface area contributed by atoms with Crippen molar-refractivity contribution in [3.63, 3.8) is 0 Å². The van der Waals surface area contributed by atoms with Crippen LogP contribution in [0.5, 0.6) is 0 Å². The van der Waals surface area contributed by atoms with E-state index in [-0.39, 0.29) is 5.56 Å². The van der Waals surface area contributed by atoms with Gasteiger partial charge < -0.3 is 5.11 Å².